The van der Waals surface area contributed by atoms with Crippen molar-refractivity contribution in [3.8, 4) is 5.75 Å². The van der Waals surface area contributed by atoms with E-state index in [0.29, 0.717) is 5.75 Å². The van der Waals surface area contributed by atoms with Gasteiger partial charge in [0.05, 0.1) is 12.8 Å². The predicted octanol–water partition coefficient (Wildman–Crippen LogP) is 4.89. The highest BCUT2D eigenvalue weighted by Gasteiger charge is 2.12. The third-order valence-corrected chi connectivity index (χ3v) is 4.53. The summed E-state index contributed by atoms with van der Waals surface area (Å²) >= 11 is 0. The number of fused-ring (bicyclic) bond motifs is 1. The molecule has 138 valence electrons. The van der Waals surface area contributed by atoms with Crippen LogP contribution in [0.4, 0.5) is 0 Å². The molecule has 0 aliphatic rings. The van der Waals surface area contributed by atoms with E-state index in [-0.39, 0.29) is 19.4 Å². The number of carbonyl (C=O) groups excluding carboxylic acids is 2. The van der Waals surface area contributed by atoms with Crippen LogP contribution in [0.2, 0.25) is 0 Å². The van der Waals surface area contributed by atoms with Gasteiger partial charge in [-0.2, -0.15) is 0 Å². The van der Waals surface area contributed by atoms with Gasteiger partial charge in [-0.25, -0.2) is 0 Å². The first-order valence-electron chi connectivity index (χ1n) is 8.93. The Kier molecular flexibility index (Phi) is 5.87. The van der Waals surface area contributed by atoms with Gasteiger partial charge in [0.25, 0.3) is 0 Å². The molecule has 0 atom stereocenters. The average molecular weight is 362 g/mol. The third kappa shape index (κ3) is 4.94. The Hall–Kier alpha value is -3.14. The largest absolute Gasteiger partial charge is 0.461 e. The van der Waals surface area contributed by atoms with Crippen LogP contribution in [0.5, 0.6) is 5.75 Å². The Balaban J connectivity index is 1.47. The molecule has 4 nitrogen and oxygen atoms in total. The second-order valence-corrected chi connectivity index (χ2v) is 6.51. The molecule has 0 saturated heterocycles. The van der Waals surface area contributed by atoms with Crippen LogP contribution in [0.25, 0.3) is 10.8 Å². The molecule has 0 aliphatic carbocycles. The van der Waals surface area contributed by atoms with Crippen LogP contribution in [0.15, 0.2) is 60.7 Å². The van der Waals surface area contributed by atoms with E-state index in [2.05, 4.69) is 0 Å². The van der Waals surface area contributed by atoms with Crippen molar-refractivity contribution < 1.29 is 19.1 Å². The molecule has 0 radical (unpaired) electrons. The van der Waals surface area contributed by atoms with Crippen molar-refractivity contribution >= 4 is 22.7 Å². The summed E-state index contributed by atoms with van der Waals surface area (Å²) in [5.41, 5.74) is 2.89. The summed E-state index contributed by atoms with van der Waals surface area (Å²) in [5.74, 6) is -0.322. The smallest absolute Gasteiger partial charge is 0.311 e. The van der Waals surface area contributed by atoms with Gasteiger partial charge < -0.3 is 9.47 Å². The highest BCUT2D eigenvalue weighted by atomic mass is 16.5. The van der Waals surface area contributed by atoms with E-state index in [1.165, 1.54) is 0 Å². The van der Waals surface area contributed by atoms with Gasteiger partial charge in [0.1, 0.15) is 12.4 Å². The van der Waals surface area contributed by atoms with Crippen LogP contribution >= 0.6 is 0 Å². The summed E-state index contributed by atoms with van der Waals surface area (Å²) in [6.45, 7) is 4.04. The summed E-state index contributed by atoms with van der Waals surface area (Å²) in [6.07, 6.45) is -0.0127. The van der Waals surface area contributed by atoms with Gasteiger partial charge in [0, 0.05) is 0 Å². The second kappa shape index (κ2) is 8.49. The van der Waals surface area contributed by atoms with Gasteiger partial charge in [0.15, 0.2) is 0 Å². The number of aryl methyl sites for hydroxylation is 1. The van der Waals surface area contributed by atoms with Crippen LogP contribution < -0.4 is 4.74 Å². The first-order chi connectivity index (χ1) is 13.0. The molecule has 0 heterocycles. The molecule has 27 heavy (non-hydrogen) atoms. The molecular weight excluding hydrogens is 340 g/mol. The topological polar surface area (TPSA) is 52.6 Å². The third-order valence-electron chi connectivity index (χ3n) is 4.53. The normalized spacial score (nSPS) is 10.6. The van der Waals surface area contributed by atoms with Crippen molar-refractivity contribution in [2.45, 2.75) is 33.3 Å². The van der Waals surface area contributed by atoms with Gasteiger partial charge in [-0.15, -0.1) is 0 Å². The van der Waals surface area contributed by atoms with Gasteiger partial charge >= 0.3 is 11.9 Å². The lowest BCUT2D eigenvalue weighted by molar-refractivity contribution is -0.148. The zero-order chi connectivity index (χ0) is 19.2. The molecular formula is C23H22O4. The fourth-order valence-corrected chi connectivity index (χ4v) is 2.78. The summed E-state index contributed by atoms with van der Waals surface area (Å²) in [7, 11) is 0. The minimum absolute atomic E-state index is 0.00270. The summed E-state index contributed by atoms with van der Waals surface area (Å²) < 4.78 is 10.6. The van der Waals surface area contributed by atoms with Crippen molar-refractivity contribution in [1.82, 2.24) is 0 Å². The highest BCUT2D eigenvalue weighted by molar-refractivity contribution is 5.83. The Morgan fingerprint density at radius 2 is 1.56 bits per heavy atom. The van der Waals surface area contributed by atoms with Crippen molar-refractivity contribution in [2.75, 3.05) is 0 Å². The molecule has 0 fully saturated rings. The van der Waals surface area contributed by atoms with E-state index < -0.39 is 11.9 Å². The number of rotatable bonds is 6. The molecule has 0 N–H and O–H groups in total. The lowest BCUT2D eigenvalue weighted by Crippen LogP contribution is -2.13. The second-order valence-electron chi connectivity index (χ2n) is 6.51. The minimum atomic E-state index is -0.439. The first-order valence-corrected chi connectivity index (χ1v) is 8.93. The Morgan fingerprint density at radius 1 is 0.815 bits per heavy atom. The van der Waals surface area contributed by atoms with Crippen LogP contribution in [0.1, 0.15) is 29.5 Å². The van der Waals surface area contributed by atoms with Gasteiger partial charge in [-0.1, -0.05) is 48.5 Å². The maximum atomic E-state index is 12.0. The summed E-state index contributed by atoms with van der Waals surface area (Å²) in [5, 5.41) is 2.24. The Morgan fingerprint density at radius 3 is 2.37 bits per heavy atom. The standard InChI is InChI=1S/C23H22O4/c1-16-6-5-9-21(17(16)2)27-23(25)13-12-22(24)26-15-18-10-11-19-7-3-4-8-20(19)14-18/h3-11,14H,12-13,15H2,1-2H3. The minimum Gasteiger partial charge on any atom is -0.461 e. The lowest BCUT2D eigenvalue weighted by Gasteiger charge is -2.09. The number of hydrogen-bond donors (Lipinski definition) is 0. The zero-order valence-corrected chi connectivity index (χ0v) is 15.5. The van der Waals surface area contributed by atoms with E-state index >= 15 is 0 Å². The van der Waals surface area contributed by atoms with E-state index in [1.807, 2.05) is 68.4 Å². The first kappa shape index (κ1) is 18.6. The molecule has 0 unspecified atom stereocenters. The number of benzene rings is 3. The Bertz CT molecular complexity index is 975. The predicted molar refractivity (Wildman–Crippen MR) is 105 cm³/mol. The van der Waals surface area contributed by atoms with E-state index in [4.69, 9.17) is 9.47 Å². The molecule has 0 saturated carbocycles. The molecule has 3 rings (SSSR count). The quantitative estimate of drug-likeness (QED) is 0.463. The Labute approximate surface area is 158 Å². The fourth-order valence-electron chi connectivity index (χ4n) is 2.78. The molecule has 3 aromatic carbocycles. The van der Waals surface area contributed by atoms with Crippen LogP contribution in [-0.4, -0.2) is 11.9 Å². The van der Waals surface area contributed by atoms with Gasteiger partial charge in [-0.05, 0) is 53.4 Å². The maximum absolute atomic E-state index is 12.0. The SMILES string of the molecule is Cc1cccc(OC(=O)CCC(=O)OCc2ccc3ccccc3c2)c1C. The number of ether oxygens (including phenoxy) is 2. The van der Waals surface area contributed by atoms with Crippen molar-refractivity contribution in [1.29, 1.82) is 0 Å². The van der Waals surface area contributed by atoms with Crippen LogP contribution in [0.3, 0.4) is 0 Å². The average Bonchev–Trinajstić information content (AvgIpc) is 2.68. The van der Waals surface area contributed by atoms with Gasteiger partial charge in [0.2, 0.25) is 0 Å². The summed E-state index contributed by atoms with van der Waals surface area (Å²) in [4.78, 5) is 23.9. The zero-order valence-electron chi connectivity index (χ0n) is 15.5. The molecule has 3 aromatic rings. The van der Waals surface area contributed by atoms with Crippen molar-refractivity contribution in [2.24, 2.45) is 0 Å². The molecule has 0 aliphatic heterocycles. The van der Waals surface area contributed by atoms with Crippen LogP contribution in [-0.2, 0) is 20.9 Å². The van der Waals surface area contributed by atoms with E-state index in [1.54, 1.807) is 6.07 Å². The van der Waals surface area contributed by atoms with Crippen molar-refractivity contribution in [3.63, 3.8) is 0 Å². The van der Waals surface area contributed by atoms with Crippen molar-refractivity contribution in [3.05, 3.63) is 77.4 Å². The number of carbonyl (C=O) groups is 2. The van der Waals surface area contributed by atoms with Crippen LogP contribution in [0, 0.1) is 13.8 Å². The van der Waals surface area contributed by atoms with E-state index in [9.17, 15) is 9.59 Å². The monoisotopic (exact) mass is 362 g/mol. The fraction of sp³-hybridized carbons (Fsp3) is 0.217. The lowest BCUT2D eigenvalue weighted by atomic mass is 10.1. The number of hydrogen-bond acceptors (Lipinski definition) is 4. The summed E-state index contributed by atoms with van der Waals surface area (Å²) in [6, 6.07) is 19.5. The molecule has 4 heteroatoms. The molecule has 0 spiro atoms. The molecule has 0 aromatic heterocycles. The van der Waals surface area contributed by atoms with E-state index in [0.717, 1.165) is 27.5 Å². The molecule has 0 amide bonds. The molecule has 0 bridgehead atoms. The highest BCUT2D eigenvalue weighted by Crippen LogP contribution is 2.21. The maximum Gasteiger partial charge on any atom is 0.311 e. The van der Waals surface area contributed by atoms with Gasteiger partial charge in [-0.3, -0.25) is 9.59 Å². The number of esters is 2.